The molecule has 1 amide bonds. The van der Waals surface area contributed by atoms with Crippen molar-refractivity contribution in [1.29, 1.82) is 0 Å². The summed E-state index contributed by atoms with van der Waals surface area (Å²) < 4.78 is 0.876. The highest BCUT2D eigenvalue weighted by Crippen LogP contribution is 2.41. The van der Waals surface area contributed by atoms with Gasteiger partial charge in [-0.2, -0.15) is 0 Å². The summed E-state index contributed by atoms with van der Waals surface area (Å²) >= 11 is 3.41. The third kappa shape index (κ3) is 2.56. The summed E-state index contributed by atoms with van der Waals surface area (Å²) in [6.07, 6.45) is -0.910. The van der Waals surface area contributed by atoms with Gasteiger partial charge in [-0.1, -0.05) is 36.7 Å². The van der Waals surface area contributed by atoms with Gasteiger partial charge in [0.1, 0.15) is 0 Å². The number of hydrogen-bond donors (Lipinski definition) is 2. The lowest BCUT2D eigenvalue weighted by Gasteiger charge is -2.46. The molecule has 2 N–H and O–H groups in total. The summed E-state index contributed by atoms with van der Waals surface area (Å²) in [6, 6.07) is 5.61. The zero-order valence-corrected chi connectivity index (χ0v) is 13.2. The first-order valence-corrected chi connectivity index (χ1v) is 7.09. The zero-order valence-electron chi connectivity index (χ0n) is 11.6. The Balaban J connectivity index is 2.58. The van der Waals surface area contributed by atoms with Crippen LogP contribution in [0, 0.1) is 5.41 Å². The molecule has 4 nitrogen and oxygen atoms in total. The van der Waals surface area contributed by atoms with Crippen LogP contribution < -0.4 is 10.2 Å². The fraction of sp³-hybridized carbons (Fsp3) is 0.500. The van der Waals surface area contributed by atoms with Gasteiger partial charge < -0.3 is 10.4 Å². The van der Waals surface area contributed by atoms with Crippen molar-refractivity contribution >= 4 is 33.4 Å². The molecule has 1 heterocycles. The second-order valence-electron chi connectivity index (χ2n) is 6.06. The topological polar surface area (TPSA) is 52.6 Å². The summed E-state index contributed by atoms with van der Waals surface area (Å²) in [7, 11) is 0. The maximum Gasteiger partial charge on any atom is 0.412 e. The fourth-order valence-corrected chi connectivity index (χ4v) is 3.23. The van der Waals surface area contributed by atoms with Crippen LogP contribution in [0.2, 0.25) is 0 Å². The minimum Gasteiger partial charge on any atom is -0.465 e. The Labute approximate surface area is 121 Å². The highest BCUT2D eigenvalue weighted by Gasteiger charge is 2.42. The third-order valence-electron chi connectivity index (χ3n) is 3.45. The largest absolute Gasteiger partial charge is 0.465 e. The number of hydrogen-bond acceptors (Lipinski definition) is 2. The van der Waals surface area contributed by atoms with Gasteiger partial charge >= 0.3 is 6.09 Å². The van der Waals surface area contributed by atoms with Crippen LogP contribution >= 0.6 is 15.9 Å². The number of nitrogens with zero attached hydrogens (tertiary/aromatic N) is 1. The predicted octanol–water partition coefficient (Wildman–Crippen LogP) is 4.16. The Bertz CT molecular complexity index is 511. The SMILES string of the molecule is CC1Nc2ccc(Br)cc2N(C(=O)O)[C@H]1C(C)(C)C. The number of amides is 1. The van der Waals surface area contributed by atoms with E-state index in [9.17, 15) is 9.90 Å². The standard InChI is InChI=1S/C14H19BrN2O2/c1-8-12(14(2,3)4)17(13(18)19)11-7-9(15)5-6-10(11)16-8/h5-8,12,16H,1-4H3,(H,18,19)/t8?,12-/m1/s1. The molecule has 1 aromatic carbocycles. The lowest BCUT2D eigenvalue weighted by atomic mass is 9.80. The third-order valence-corrected chi connectivity index (χ3v) is 3.94. The van der Waals surface area contributed by atoms with Gasteiger partial charge in [0, 0.05) is 10.5 Å². The number of carboxylic acid groups (broad SMARTS) is 1. The molecular weight excluding hydrogens is 308 g/mol. The molecule has 0 saturated heterocycles. The van der Waals surface area contributed by atoms with Crippen LogP contribution in [0.4, 0.5) is 16.2 Å². The quantitative estimate of drug-likeness (QED) is 0.752. The highest BCUT2D eigenvalue weighted by atomic mass is 79.9. The number of benzene rings is 1. The lowest BCUT2D eigenvalue weighted by molar-refractivity contribution is 0.185. The highest BCUT2D eigenvalue weighted by molar-refractivity contribution is 9.10. The van der Waals surface area contributed by atoms with E-state index in [1.54, 1.807) is 0 Å². The van der Waals surface area contributed by atoms with Gasteiger partial charge in [0.25, 0.3) is 0 Å². The molecule has 0 aliphatic carbocycles. The minimum atomic E-state index is -0.910. The Morgan fingerprint density at radius 1 is 1.42 bits per heavy atom. The lowest BCUT2D eigenvalue weighted by Crippen LogP contribution is -2.57. The number of anilines is 2. The van der Waals surface area contributed by atoms with Crippen molar-refractivity contribution in [3.8, 4) is 0 Å². The van der Waals surface area contributed by atoms with E-state index in [4.69, 9.17) is 0 Å². The van der Waals surface area contributed by atoms with Crippen LogP contribution in [-0.4, -0.2) is 23.3 Å². The molecular formula is C14H19BrN2O2. The second kappa shape index (κ2) is 4.71. The molecule has 0 spiro atoms. The van der Waals surface area contributed by atoms with Crippen molar-refractivity contribution in [3.05, 3.63) is 22.7 Å². The predicted molar refractivity (Wildman–Crippen MR) is 81.0 cm³/mol. The zero-order chi connectivity index (χ0) is 14.4. The van der Waals surface area contributed by atoms with Gasteiger partial charge in [-0.3, -0.25) is 4.90 Å². The van der Waals surface area contributed by atoms with E-state index in [0.29, 0.717) is 5.69 Å². The number of fused-ring (bicyclic) bond motifs is 1. The molecule has 0 radical (unpaired) electrons. The van der Waals surface area contributed by atoms with Crippen molar-refractivity contribution < 1.29 is 9.90 Å². The molecule has 1 aliphatic rings. The van der Waals surface area contributed by atoms with Crippen LogP contribution in [0.3, 0.4) is 0 Å². The summed E-state index contributed by atoms with van der Waals surface area (Å²) in [5.41, 5.74) is 1.42. The fourth-order valence-electron chi connectivity index (χ4n) is 2.88. The number of rotatable bonds is 0. The van der Waals surface area contributed by atoms with E-state index in [1.165, 1.54) is 4.90 Å². The Hall–Kier alpha value is -1.23. The average Bonchev–Trinajstić information content (AvgIpc) is 2.26. The molecule has 5 heteroatoms. The van der Waals surface area contributed by atoms with Gasteiger partial charge in [0.15, 0.2) is 0 Å². The first kappa shape index (κ1) is 14.2. The first-order chi connectivity index (χ1) is 8.71. The van der Waals surface area contributed by atoms with E-state index in [-0.39, 0.29) is 17.5 Å². The van der Waals surface area contributed by atoms with E-state index in [2.05, 4.69) is 42.0 Å². The maximum absolute atomic E-state index is 11.7. The molecule has 1 aliphatic heterocycles. The smallest absolute Gasteiger partial charge is 0.412 e. The summed E-state index contributed by atoms with van der Waals surface area (Å²) in [5, 5.41) is 13.0. The minimum absolute atomic E-state index is 0.0600. The van der Waals surface area contributed by atoms with E-state index in [1.807, 2.05) is 25.1 Å². The van der Waals surface area contributed by atoms with Gasteiger partial charge in [-0.05, 0) is 30.5 Å². The van der Waals surface area contributed by atoms with E-state index < -0.39 is 6.09 Å². The molecule has 2 atom stereocenters. The summed E-state index contributed by atoms with van der Waals surface area (Å²) in [5.74, 6) is 0. The average molecular weight is 327 g/mol. The van der Waals surface area contributed by atoms with Crippen LogP contribution in [-0.2, 0) is 0 Å². The van der Waals surface area contributed by atoms with Crippen LogP contribution in [0.25, 0.3) is 0 Å². The molecule has 1 unspecified atom stereocenters. The van der Waals surface area contributed by atoms with Crippen molar-refractivity contribution in [1.82, 2.24) is 0 Å². The molecule has 0 fully saturated rings. The second-order valence-corrected chi connectivity index (χ2v) is 6.97. The molecule has 0 bridgehead atoms. The monoisotopic (exact) mass is 326 g/mol. The van der Waals surface area contributed by atoms with Crippen molar-refractivity contribution in [2.75, 3.05) is 10.2 Å². The van der Waals surface area contributed by atoms with Crippen LogP contribution in [0.5, 0.6) is 0 Å². The van der Waals surface area contributed by atoms with Crippen molar-refractivity contribution in [3.63, 3.8) is 0 Å². The molecule has 19 heavy (non-hydrogen) atoms. The van der Waals surface area contributed by atoms with Gasteiger partial charge in [0.05, 0.1) is 17.4 Å². The molecule has 104 valence electrons. The van der Waals surface area contributed by atoms with E-state index >= 15 is 0 Å². The van der Waals surface area contributed by atoms with Gasteiger partial charge in [-0.25, -0.2) is 4.79 Å². The van der Waals surface area contributed by atoms with Gasteiger partial charge in [-0.15, -0.1) is 0 Å². The van der Waals surface area contributed by atoms with Crippen LogP contribution in [0.15, 0.2) is 22.7 Å². The summed E-state index contributed by atoms with van der Waals surface area (Å²) in [6.45, 7) is 8.22. The maximum atomic E-state index is 11.7. The molecule has 0 saturated carbocycles. The normalized spacial score (nSPS) is 22.7. The number of halogens is 1. The first-order valence-electron chi connectivity index (χ1n) is 6.30. The Morgan fingerprint density at radius 3 is 2.58 bits per heavy atom. The van der Waals surface area contributed by atoms with Gasteiger partial charge in [0.2, 0.25) is 0 Å². The number of nitrogens with one attached hydrogen (secondary N) is 1. The Kier molecular flexibility index (Phi) is 3.51. The number of carbonyl (C=O) groups is 1. The van der Waals surface area contributed by atoms with Crippen molar-refractivity contribution in [2.45, 2.75) is 39.8 Å². The van der Waals surface area contributed by atoms with E-state index in [0.717, 1.165) is 10.2 Å². The van der Waals surface area contributed by atoms with Crippen LogP contribution in [0.1, 0.15) is 27.7 Å². The Morgan fingerprint density at radius 2 is 2.05 bits per heavy atom. The molecule has 2 rings (SSSR count). The van der Waals surface area contributed by atoms with Crippen molar-refractivity contribution in [2.24, 2.45) is 5.41 Å². The summed E-state index contributed by atoms with van der Waals surface area (Å²) in [4.78, 5) is 13.2. The molecule has 0 aromatic heterocycles. The molecule has 1 aromatic rings.